The first-order valence-corrected chi connectivity index (χ1v) is 7.87. The minimum atomic E-state index is -0.597. The summed E-state index contributed by atoms with van der Waals surface area (Å²) >= 11 is 3.08. The Morgan fingerprint density at radius 1 is 1.28 bits per heavy atom. The largest absolute Gasteiger partial charge is 0.488 e. The second kappa shape index (κ2) is 9.14. The molecule has 0 saturated carbocycles. The van der Waals surface area contributed by atoms with Gasteiger partial charge in [-0.15, -0.1) is 0 Å². The molecule has 0 fully saturated rings. The molecule has 0 spiro atoms. The summed E-state index contributed by atoms with van der Waals surface area (Å²) in [6.07, 6.45) is 4.16. The van der Waals surface area contributed by atoms with Crippen molar-refractivity contribution < 1.29 is 18.3 Å². The highest BCUT2D eigenvalue weighted by molar-refractivity contribution is 9.10. The number of rotatable bonds is 8. The van der Waals surface area contributed by atoms with Crippen LogP contribution in [0, 0.1) is 5.82 Å². The molecule has 7 nitrogen and oxygen atoms in total. The molecule has 1 aromatic heterocycles. The normalized spacial score (nSPS) is 11.3. The number of nitrogens with zero attached hydrogens (tertiary/aromatic N) is 3. The SMILES string of the molecule is N/C(=C\N(N)c1ccc(F)c(Br)c1)COc1ncc(OCCF)cn1. The van der Waals surface area contributed by atoms with Gasteiger partial charge in [0.05, 0.1) is 28.3 Å². The third kappa shape index (κ3) is 5.84. The Bertz CT molecular complexity index is 730. The zero-order valence-electron chi connectivity index (χ0n) is 13.0. The van der Waals surface area contributed by atoms with Gasteiger partial charge in [0, 0.05) is 6.20 Å². The maximum absolute atomic E-state index is 13.2. The van der Waals surface area contributed by atoms with Crippen molar-refractivity contribution in [3.05, 3.63) is 52.8 Å². The van der Waals surface area contributed by atoms with Crippen LogP contribution in [0.25, 0.3) is 0 Å². The molecule has 1 aromatic carbocycles. The van der Waals surface area contributed by atoms with Gasteiger partial charge in [0.15, 0.2) is 5.75 Å². The smallest absolute Gasteiger partial charge is 0.316 e. The van der Waals surface area contributed by atoms with Crippen LogP contribution in [0.2, 0.25) is 0 Å². The molecule has 4 N–H and O–H groups in total. The Morgan fingerprint density at radius 3 is 2.64 bits per heavy atom. The van der Waals surface area contributed by atoms with Crippen LogP contribution >= 0.6 is 15.9 Å². The first kappa shape index (κ1) is 18.9. The molecule has 0 aliphatic rings. The van der Waals surface area contributed by atoms with Crippen LogP contribution in [0.3, 0.4) is 0 Å². The second-order valence-corrected chi connectivity index (χ2v) is 5.59. The number of ether oxygens (including phenoxy) is 2. The first-order valence-electron chi connectivity index (χ1n) is 7.08. The lowest BCUT2D eigenvalue weighted by molar-refractivity contribution is 0.268. The fraction of sp³-hybridized carbons (Fsp3) is 0.200. The zero-order chi connectivity index (χ0) is 18.2. The molecular weight excluding hydrogens is 400 g/mol. The van der Waals surface area contributed by atoms with Crippen molar-refractivity contribution in [3.63, 3.8) is 0 Å². The number of alkyl halides is 1. The lowest BCUT2D eigenvalue weighted by Crippen LogP contribution is -2.27. The maximum atomic E-state index is 13.2. The van der Waals surface area contributed by atoms with Gasteiger partial charge in [0.1, 0.15) is 25.7 Å². The molecule has 0 aliphatic carbocycles. The molecule has 0 atom stereocenters. The van der Waals surface area contributed by atoms with Crippen molar-refractivity contribution >= 4 is 21.6 Å². The number of anilines is 1. The fourth-order valence-corrected chi connectivity index (χ4v) is 2.06. The number of hydrazine groups is 1. The minimum absolute atomic E-state index is 0.0131. The van der Waals surface area contributed by atoms with Gasteiger partial charge < -0.3 is 15.2 Å². The van der Waals surface area contributed by atoms with E-state index in [1.165, 1.54) is 41.8 Å². The molecule has 0 saturated heterocycles. The predicted octanol–water partition coefficient (Wildman–Crippen LogP) is 2.29. The maximum Gasteiger partial charge on any atom is 0.316 e. The van der Waals surface area contributed by atoms with Crippen LogP contribution in [-0.2, 0) is 0 Å². The van der Waals surface area contributed by atoms with Crippen molar-refractivity contribution in [2.45, 2.75) is 0 Å². The topological polar surface area (TPSA) is 99.5 Å². The van der Waals surface area contributed by atoms with E-state index >= 15 is 0 Å². The van der Waals surface area contributed by atoms with Gasteiger partial charge >= 0.3 is 6.01 Å². The van der Waals surface area contributed by atoms with Gasteiger partial charge in [0.2, 0.25) is 0 Å². The van der Waals surface area contributed by atoms with E-state index in [-0.39, 0.29) is 23.7 Å². The van der Waals surface area contributed by atoms with Crippen LogP contribution in [0.1, 0.15) is 0 Å². The summed E-state index contributed by atoms with van der Waals surface area (Å²) in [7, 11) is 0. The summed E-state index contributed by atoms with van der Waals surface area (Å²) < 4.78 is 35.8. The highest BCUT2D eigenvalue weighted by atomic mass is 79.9. The van der Waals surface area contributed by atoms with E-state index in [0.717, 1.165) is 0 Å². The number of hydrogen-bond acceptors (Lipinski definition) is 7. The summed E-state index contributed by atoms with van der Waals surface area (Å²) in [5.74, 6) is 5.79. The quantitative estimate of drug-likeness (QED) is 0.503. The van der Waals surface area contributed by atoms with Crippen LogP contribution in [0.4, 0.5) is 14.5 Å². The summed E-state index contributed by atoms with van der Waals surface area (Å²) in [6, 6.07) is 4.38. The molecule has 0 radical (unpaired) electrons. The Hall–Kier alpha value is -2.46. The van der Waals surface area contributed by atoms with Crippen LogP contribution in [0.5, 0.6) is 11.8 Å². The molecule has 10 heteroatoms. The summed E-state index contributed by atoms with van der Waals surface area (Å²) in [5, 5.41) is 1.23. The van der Waals surface area contributed by atoms with E-state index in [9.17, 15) is 8.78 Å². The van der Waals surface area contributed by atoms with Gasteiger partial charge in [-0.25, -0.2) is 14.6 Å². The molecule has 1 heterocycles. The molecule has 0 bridgehead atoms. The average molecular weight is 416 g/mol. The highest BCUT2D eigenvalue weighted by Gasteiger charge is 2.06. The van der Waals surface area contributed by atoms with Gasteiger partial charge in [-0.2, -0.15) is 9.97 Å². The Balaban J connectivity index is 1.91. The highest BCUT2D eigenvalue weighted by Crippen LogP contribution is 2.22. The lowest BCUT2D eigenvalue weighted by Gasteiger charge is -2.15. The summed E-state index contributed by atoms with van der Waals surface area (Å²) in [4.78, 5) is 7.81. The summed E-state index contributed by atoms with van der Waals surface area (Å²) in [6.45, 7) is -0.675. The third-order valence-corrected chi connectivity index (χ3v) is 3.43. The van der Waals surface area contributed by atoms with Crippen LogP contribution in [-0.4, -0.2) is 29.9 Å². The van der Waals surface area contributed by atoms with Gasteiger partial charge in [-0.05, 0) is 34.1 Å². The van der Waals surface area contributed by atoms with Crippen molar-refractivity contribution in [1.82, 2.24) is 9.97 Å². The van der Waals surface area contributed by atoms with Crippen LogP contribution < -0.4 is 26.1 Å². The van der Waals surface area contributed by atoms with Gasteiger partial charge in [-0.1, -0.05) is 0 Å². The van der Waals surface area contributed by atoms with Crippen molar-refractivity contribution in [3.8, 4) is 11.8 Å². The van der Waals surface area contributed by atoms with Gasteiger partial charge in [-0.3, -0.25) is 5.01 Å². The van der Waals surface area contributed by atoms with Crippen molar-refractivity contribution in [1.29, 1.82) is 0 Å². The Labute approximate surface area is 151 Å². The fourth-order valence-electron chi connectivity index (χ4n) is 1.69. The molecule has 0 amide bonds. The average Bonchev–Trinajstić information content (AvgIpc) is 2.61. The first-order chi connectivity index (χ1) is 12.0. The molecule has 2 rings (SSSR count). The van der Waals surface area contributed by atoms with Crippen molar-refractivity contribution in [2.24, 2.45) is 11.6 Å². The van der Waals surface area contributed by atoms with E-state index in [1.54, 1.807) is 0 Å². The minimum Gasteiger partial charge on any atom is -0.488 e. The molecule has 0 unspecified atom stereocenters. The standard InChI is InChI=1S/C15H16BrF2N5O2/c16-13-5-11(1-2-14(13)18)23(20)8-10(19)9-25-15-21-6-12(7-22-15)24-4-3-17/h1-2,5-8H,3-4,9,19-20H2/b10-8-. The predicted molar refractivity (Wildman–Crippen MR) is 92.0 cm³/mol. The van der Waals surface area contributed by atoms with Gasteiger partial charge in [0.25, 0.3) is 0 Å². The van der Waals surface area contributed by atoms with E-state index in [1.807, 2.05) is 0 Å². The molecule has 2 aromatic rings. The molecule has 25 heavy (non-hydrogen) atoms. The number of benzene rings is 1. The van der Waals surface area contributed by atoms with E-state index in [0.29, 0.717) is 17.1 Å². The number of hydrogen-bond donors (Lipinski definition) is 2. The van der Waals surface area contributed by atoms with E-state index < -0.39 is 12.5 Å². The lowest BCUT2D eigenvalue weighted by atomic mass is 10.3. The van der Waals surface area contributed by atoms with Crippen LogP contribution in [0.15, 0.2) is 47.0 Å². The Kier molecular flexibility index (Phi) is 6.90. The molecule has 134 valence electrons. The Morgan fingerprint density at radius 2 is 2.00 bits per heavy atom. The summed E-state index contributed by atoms with van der Waals surface area (Å²) in [5.41, 5.74) is 6.66. The second-order valence-electron chi connectivity index (χ2n) is 4.74. The monoisotopic (exact) mass is 415 g/mol. The van der Waals surface area contributed by atoms with E-state index in [4.69, 9.17) is 21.1 Å². The molecule has 0 aliphatic heterocycles. The van der Waals surface area contributed by atoms with Crippen molar-refractivity contribution in [2.75, 3.05) is 24.9 Å². The third-order valence-electron chi connectivity index (χ3n) is 2.82. The number of nitrogens with two attached hydrogens (primary N) is 2. The number of aromatic nitrogens is 2. The number of halogens is 3. The zero-order valence-corrected chi connectivity index (χ0v) is 14.6. The van der Waals surface area contributed by atoms with E-state index in [2.05, 4.69) is 25.9 Å². The molecular formula is C15H16BrF2N5O2.